The number of nitrogens with zero attached hydrogens (tertiary/aromatic N) is 1. The van der Waals surface area contributed by atoms with Crippen LogP contribution in [0.3, 0.4) is 0 Å². The molecule has 2 N–H and O–H groups in total. The van der Waals surface area contributed by atoms with E-state index < -0.39 is 45.5 Å². The van der Waals surface area contributed by atoms with Crippen LogP contribution in [0.15, 0.2) is 0 Å². The number of rotatable bonds is 1. The van der Waals surface area contributed by atoms with Crippen LogP contribution in [-0.4, -0.2) is 59.2 Å². The third kappa shape index (κ3) is 2.20. The lowest BCUT2D eigenvalue weighted by molar-refractivity contribution is -0.136. The van der Waals surface area contributed by atoms with Gasteiger partial charge in [-0.3, -0.25) is 4.79 Å². The van der Waals surface area contributed by atoms with Crippen LogP contribution >= 0.6 is 0 Å². The molecule has 15 heavy (non-hydrogen) atoms. The highest BCUT2D eigenvalue weighted by atomic mass is 32.2. The van der Waals surface area contributed by atoms with Crippen molar-refractivity contribution in [3.05, 3.63) is 0 Å². The molecule has 1 heterocycles. The van der Waals surface area contributed by atoms with E-state index in [1.807, 2.05) is 0 Å². The average molecular weight is 237 g/mol. The van der Waals surface area contributed by atoms with Crippen LogP contribution in [0.1, 0.15) is 6.92 Å². The molecule has 1 saturated heterocycles. The Morgan fingerprint density at radius 2 is 1.87 bits per heavy atom. The molecular formula is C7H11NO6S. The highest BCUT2D eigenvalue weighted by molar-refractivity contribution is 7.92. The first kappa shape index (κ1) is 11.8. The van der Waals surface area contributed by atoms with E-state index in [9.17, 15) is 18.0 Å². The van der Waals surface area contributed by atoms with Crippen LogP contribution in [0.25, 0.3) is 0 Å². The third-order valence-electron chi connectivity index (χ3n) is 2.32. The van der Waals surface area contributed by atoms with Gasteiger partial charge in [0.05, 0.1) is 12.3 Å². The van der Waals surface area contributed by atoms with Crippen LogP contribution in [0.5, 0.6) is 0 Å². The topological polar surface area (TPSA) is 112 Å². The van der Waals surface area contributed by atoms with E-state index in [0.717, 1.165) is 4.90 Å². The third-order valence-corrected chi connectivity index (χ3v) is 4.49. The van der Waals surface area contributed by atoms with Crippen molar-refractivity contribution in [1.82, 2.24) is 4.90 Å². The van der Waals surface area contributed by atoms with E-state index in [1.165, 1.54) is 6.92 Å². The predicted octanol–water partition coefficient (Wildman–Crippen LogP) is -0.763. The van der Waals surface area contributed by atoms with Crippen molar-refractivity contribution in [1.29, 1.82) is 0 Å². The molecule has 0 spiro atoms. The molecule has 86 valence electrons. The standard InChI is InChI=1S/C7H11NO6S/c1-4-3-15(13,14)5(6(9)10)2-8(4)7(11)12/h4-5H,2-3H2,1H3,(H,9,10)(H,11,12)/t4-,5?/m1/s1. The van der Waals surface area contributed by atoms with Crippen LogP contribution in [0.2, 0.25) is 0 Å². The van der Waals surface area contributed by atoms with Crippen molar-refractivity contribution in [3.63, 3.8) is 0 Å². The summed E-state index contributed by atoms with van der Waals surface area (Å²) in [5.41, 5.74) is 0. The lowest BCUT2D eigenvalue weighted by Gasteiger charge is -2.33. The van der Waals surface area contributed by atoms with Crippen LogP contribution in [0.4, 0.5) is 4.79 Å². The Labute approximate surface area is 86.2 Å². The summed E-state index contributed by atoms with van der Waals surface area (Å²) in [5.74, 6) is -1.95. The molecule has 0 bridgehead atoms. The summed E-state index contributed by atoms with van der Waals surface area (Å²) in [5, 5.41) is 15.7. The first-order valence-electron chi connectivity index (χ1n) is 4.19. The molecule has 0 aromatic rings. The number of sulfone groups is 1. The number of hydrogen-bond acceptors (Lipinski definition) is 4. The minimum Gasteiger partial charge on any atom is -0.480 e. The van der Waals surface area contributed by atoms with Crippen LogP contribution in [-0.2, 0) is 14.6 Å². The van der Waals surface area contributed by atoms with E-state index in [4.69, 9.17) is 10.2 Å². The van der Waals surface area contributed by atoms with E-state index in [0.29, 0.717) is 0 Å². The molecule has 0 aliphatic carbocycles. The highest BCUT2D eigenvalue weighted by Crippen LogP contribution is 2.18. The lowest BCUT2D eigenvalue weighted by atomic mass is 10.3. The summed E-state index contributed by atoms with van der Waals surface area (Å²) in [6.07, 6.45) is -1.30. The Bertz CT molecular complexity index is 388. The van der Waals surface area contributed by atoms with Crippen molar-refractivity contribution in [2.75, 3.05) is 12.3 Å². The Hall–Kier alpha value is -1.31. The minimum atomic E-state index is -3.74. The number of carbonyl (C=O) groups is 2. The molecule has 1 fully saturated rings. The monoisotopic (exact) mass is 237 g/mol. The van der Waals surface area contributed by atoms with Crippen molar-refractivity contribution in [2.24, 2.45) is 0 Å². The first-order chi connectivity index (χ1) is 6.75. The van der Waals surface area contributed by atoms with Crippen molar-refractivity contribution < 1.29 is 28.2 Å². The molecule has 1 unspecified atom stereocenters. The van der Waals surface area contributed by atoms with Crippen LogP contribution < -0.4 is 0 Å². The second-order valence-corrected chi connectivity index (χ2v) is 5.67. The number of aliphatic carboxylic acids is 1. The molecule has 2 atom stereocenters. The number of carboxylic acid groups (broad SMARTS) is 2. The molecule has 1 amide bonds. The smallest absolute Gasteiger partial charge is 0.407 e. The Kier molecular flexibility index (Phi) is 2.89. The number of amides is 1. The summed E-state index contributed by atoms with van der Waals surface area (Å²) >= 11 is 0. The van der Waals surface area contributed by atoms with Crippen molar-refractivity contribution >= 4 is 21.9 Å². The van der Waals surface area contributed by atoms with Gasteiger partial charge in [0.15, 0.2) is 15.1 Å². The predicted molar refractivity (Wildman–Crippen MR) is 49.4 cm³/mol. The van der Waals surface area contributed by atoms with Gasteiger partial charge in [0.25, 0.3) is 0 Å². The first-order valence-corrected chi connectivity index (χ1v) is 5.91. The van der Waals surface area contributed by atoms with E-state index in [2.05, 4.69) is 0 Å². The molecule has 7 nitrogen and oxygen atoms in total. The molecule has 0 saturated carbocycles. The Balaban J connectivity index is 3.00. The largest absolute Gasteiger partial charge is 0.480 e. The maximum absolute atomic E-state index is 11.4. The molecular weight excluding hydrogens is 226 g/mol. The van der Waals surface area contributed by atoms with Gasteiger partial charge in [-0.2, -0.15) is 0 Å². The maximum atomic E-state index is 11.4. The van der Waals surface area contributed by atoms with Gasteiger partial charge in [0.1, 0.15) is 0 Å². The molecule has 8 heteroatoms. The normalized spacial score (nSPS) is 29.8. The zero-order valence-electron chi connectivity index (χ0n) is 7.95. The van der Waals surface area contributed by atoms with Gasteiger partial charge in [-0.25, -0.2) is 13.2 Å². The van der Waals surface area contributed by atoms with Crippen LogP contribution in [0, 0.1) is 0 Å². The van der Waals surface area contributed by atoms with Gasteiger partial charge < -0.3 is 15.1 Å². The molecule has 0 radical (unpaired) electrons. The summed E-state index contributed by atoms with van der Waals surface area (Å²) in [7, 11) is -3.74. The molecule has 1 aliphatic heterocycles. The molecule has 0 aromatic carbocycles. The van der Waals surface area contributed by atoms with Gasteiger partial charge in [-0.15, -0.1) is 0 Å². The lowest BCUT2D eigenvalue weighted by Crippen LogP contribution is -2.56. The SMILES string of the molecule is C[C@@H]1CS(=O)(=O)C(C(=O)O)CN1C(=O)O. The van der Waals surface area contributed by atoms with Gasteiger partial charge in [-0.1, -0.05) is 0 Å². The summed E-state index contributed by atoms with van der Waals surface area (Å²) < 4.78 is 22.8. The van der Waals surface area contributed by atoms with Gasteiger partial charge in [0.2, 0.25) is 0 Å². The molecule has 1 rings (SSSR count). The fraction of sp³-hybridized carbons (Fsp3) is 0.714. The fourth-order valence-electron chi connectivity index (χ4n) is 1.51. The number of hydrogen-bond donors (Lipinski definition) is 2. The van der Waals surface area contributed by atoms with Crippen molar-refractivity contribution in [2.45, 2.75) is 18.2 Å². The fourth-order valence-corrected chi connectivity index (χ4v) is 3.29. The zero-order valence-corrected chi connectivity index (χ0v) is 8.77. The minimum absolute atomic E-state index is 0.448. The van der Waals surface area contributed by atoms with Gasteiger partial charge in [0, 0.05) is 6.04 Å². The molecule has 0 aromatic heterocycles. The summed E-state index contributed by atoms with van der Waals surface area (Å²) in [6, 6.07) is -0.705. The van der Waals surface area contributed by atoms with E-state index in [1.54, 1.807) is 0 Å². The quantitative estimate of drug-likeness (QED) is 0.619. The second-order valence-electron chi connectivity index (χ2n) is 3.44. The van der Waals surface area contributed by atoms with Crippen molar-refractivity contribution in [3.8, 4) is 0 Å². The zero-order chi connectivity index (χ0) is 11.8. The maximum Gasteiger partial charge on any atom is 0.407 e. The van der Waals surface area contributed by atoms with E-state index >= 15 is 0 Å². The number of carboxylic acids is 1. The average Bonchev–Trinajstić information content (AvgIpc) is 1.99. The Morgan fingerprint density at radius 3 is 2.27 bits per heavy atom. The molecule has 1 aliphatic rings. The van der Waals surface area contributed by atoms with Gasteiger partial charge in [-0.05, 0) is 6.92 Å². The van der Waals surface area contributed by atoms with E-state index in [-0.39, 0.29) is 0 Å². The second kappa shape index (κ2) is 3.69. The highest BCUT2D eigenvalue weighted by Gasteiger charge is 2.43. The Morgan fingerprint density at radius 1 is 1.33 bits per heavy atom. The van der Waals surface area contributed by atoms with Gasteiger partial charge >= 0.3 is 12.1 Å². The summed E-state index contributed by atoms with van der Waals surface area (Å²) in [4.78, 5) is 22.2. The summed E-state index contributed by atoms with van der Waals surface area (Å²) in [6.45, 7) is 0.928.